The number of carbonyl (C=O) groups excluding carboxylic acids is 1. The summed E-state index contributed by atoms with van der Waals surface area (Å²) in [5.41, 5.74) is 4.64. The maximum Gasteiger partial charge on any atom is 0.323 e. The largest absolute Gasteiger partial charge is 0.338 e. The van der Waals surface area contributed by atoms with Crippen LogP contribution in [0.3, 0.4) is 0 Å². The molecule has 0 aliphatic carbocycles. The van der Waals surface area contributed by atoms with E-state index in [-0.39, 0.29) is 0 Å². The summed E-state index contributed by atoms with van der Waals surface area (Å²) in [6, 6.07) is 15.9. The Kier molecular flexibility index (Phi) is 4.54. The van der Waals surface area contributed by atoms with Gasteiger partial charge in [-0.05, 0) is 42.5 Å². The predicted molar refractivity (Wildman–Crippen MR) is 120 cm³/mol. The number of urea groups is 1. The van der Waals surface area contributed by atoms with Crippen LogP contribution in [0.25, 0.3) is 33.3 Å². The van der Waals surface area contributed by atoms with Crippen LogP contribution >= 0.6 is 23.2 Å². The molecule has 3 aromatic carbocycles. The van der Waals surface area contributed by atoms with E-state index in [4.69, 9.17) is 23.2 Å². The first kappa shape index (κ1) is 18.5. The van der Waals surface area contributed by atoms with E-state index in [1.54, 1.807) is 36.5 Å². The van der Waals surface area contributed by atoms with Crippen molar-refractivity contribution in [3.8, 4) is 11.4 Å². The molecule has 7 nitrogen and oxygen atoms in total. The highest BCUT2D eigenvalue weighted by molar-refractivity contribution is 6.42. The molecule has 148 valence electrons. The molecule has 2 heterocycles. The van der Waals surface area contributed by atoms with Crippen LogP contribution in [0.5, 0.6) is 0 Å². The quantitative estimate of drug-likeness (QED) is 0.276. The molecule has 0 spiro atoms. The first-order valence-corrected chi connectivity index (χ1v) is 9.77. The monoisotopic (exact) mass is 436 g/mol. The molecule has 0 atom stereocenters. The average molecular weight is 437 g/mol. The van der Waals surface area contributed by atoms with Gasteiger partial charge in [-0.3, -0.25) is 5.10 Å². The lowest BCUT2D eigenvalue weighted by atomic mass is 10.1. The topological polar surface area (TPSA) is 98.5 Å². The van der Waals surface area contributed by atoms with Crippen LogP contribution in [0.15, 0.2) is 60.8 Å². The number of fused-ring (bicyclic) bond motifs is 2. The van der Waals surface area contributed by atoms with Gasteiger partial charge >= 0.3 is 6.03 Å². The van der Waals surface area contributed by atoms with Crippen molar-refractivity contribution in [3.63, 3.8) is 0 Å². The minimum absolute atomic E-state index is 0.369. The molecule has 5 aromatic rings. The molecule has 0 saturated heterocycles. The predicted octanol–water partition coefficient (Wildman–Crippen LogP) is 6.06. The van der Waals surface area contributed by atoms with Gasteiger partial charge in [0.05, 0.1) is 32.8 Å². The number of aromatic amines is 2. The summed E-state index contributed by atoms with van der Waals surface area (Å²) in [6.45, 7) is 0. The van der Waals surface area contributed by atoms with Crippen molar-refractivity contribution in [2.75, 3.05) is 10.6 Å². The number of aromatic nitrogens is 4. The van der Waals surface area contributed by atoms with E-state index >= 15 is 0 Å². The summed E-state index contributed by atoms with van der Waals surface area (Å²) in [5, 5.41) is 14.3. The third-order valence-corrected chi connectivity index (χ3v) is 5.37. The number of benzene rings is 3. The van der Waals surface area contributed by atoms with E-state index in [1.165, 1.54) is 0 Å². The average Bonchev–Trinajstić information content (AvgIpc) is 3.36. The van der Waals surface area contributed by atoms with E-state index in [0.717, 1.165) is 33.3 Å². The van der Waals surface area contributed by atoms with Crippen LogP contribution in [0.1, 0.15) is 0 Å². The Hall–Kier alpha value is -3.55. The van der Waals surface area contributed by atoms with Crippen LogP contribution < -0.4 is 10.6 Å². The molecule has 0 radical (unpaired) electrons. The van der Waals surface area contributed by atoms with Crippen molar-refractivity contribution in [1.82, 2.24) is 20.2 Å². The number of imidazole rings is 1. The molecule has 9 heteroatoms. The van der Waals surface area contributed by atoms with E-state index < -0.39 is 6.03 Å². The molecule has 0 bridgehead atoms. The number of nitrogens with zero attached hydrogens (tertiary/aromatic N) is 2. The summed E-state index contributed by atoms with van der Waals surface area (Å²) in [6.07, 6.45) is 1.78. The first-order chi connectivity index (χ1) is 14.5. The van der Waals surface area contributed by atoms with Crippen LogP contribution in [0, 0.1) is 0 Å². The zero-order valence-electron chi connectivity index (χ0n) is 15.3. The minimum atomic E-state index is -0.395. The fourth-order valence-corrected chi connectivity index (χ4v) is 3.47. The zero-order valence-corrected chi connectivity index (χ0v) is 16.8. The fraction of sp³-hybridized carbons (Fsp3) is 0. The molecule has 4 N–H and O–H groups in total. The van der Waals surface area contributed by atoms with E-state index in [2.05, 4.69) is 30.8 Å². The molecular weight excluding hydrogens is 423 g/mol. The van der Waals surface area contributed by atoms with Crippen LogP contribution in [0.2, 0.25) is 10.0 Å². The van der Waals surface area contributed by atoms with Gasteiger partial charge in [-0.1, -0.05) is 35.3 Å². The van der Waals surface area contributed by atoms with Gasteiger partial charge in [0.1, 0.15) is 5.82 Å². The third-order valence-electron chi connectivity index (χ3n) is 4.63. The van der Waals surface area contributed by atoms with Crippen molar-refractivity contribution >= 4 is 62.5 Å². The van der Waals surface area contributed by atoms with Gasteiger partial charge < -0.3 is 15.6 Å². The molecule has 0 aliphatic heterocycles. The van der Waals surface area contributed by atoms with E-state index in [1.807, 2.05) is 24.3 Å². The maximum atomic E-state index is 12.3. The van der Waals surface area contributed by atoms with Gasteiger partial charge in [0.25, 0.3) is 0 Å². The number of anilines is 2. The summed E-state index contributed by atoms with van der Waals surface area (Å²) in [4.78, 5) is 20.3. The molecule has 0 saturated carbocycles. The van der Waals surface area contributed by atoms with Crippen LogP contribution in [-0.4, -0.2) is 26.2 Å². The lowest BCUT2D eigenvalue weighted by molar-refractivity contribution is 0.262. The van der Waals surface area contributed by atoms with Gasteiger partial charge in [0.2, 0.25) is 0 Å². The molecule has 0 unspecified atom stereocenters. The van der Waals surface area contributed by atoms with Crippen LogP contribution in [0.4, 0.5) is 16.2 Å². The Balaban J connectivity index is 1.36. The van der Waals surface area contributed by atoms with Gasteiger partial charge in [0.15, 0.2) is 0 Å². The Morgan fingerprint density at radius 3 is 2.50 bits per heavy atom. The van der Waals surface area contributed by atoms with Crippen molar-refractivity contribution < 1.29 is 4.79 Å². The van der Waals surface area contributed by atoms with Crippen molar-refractivity contribution in [2.45, 2.75) is 0 Å². The van der Waals surface area contributed by atoms with Crippen molar-refractivity contribution in [2.24, 2.45) is 0 Å². The number of rotatable bonds is 3. The zero-order chi connectivity index (χ0) is 20.7. The highest BCUT2D eigenvalue weighted by atomic mass is 35.5. The van der Waals surface area contributed by atoms with Crippen molar-refractivity contribution in [1.29, 1.82) is 0 Å². The number of H-pyrrole nitrogens is 2. The fourth-order valence-electron chi connectivity index (χ4n) is 3.17. The molecule has 0 aliphatic rings. The molecular formula is C21H14Cl2N6O. The third kappa shape index (κ3) is 3.56. The summed E-state index contributed by atoms with van der Waals surface area (Å²) >= 11 is 11.9. The number of amides is 2. The molecule has 2 aromatic heterocycles. The van der Waals surface area contributed by atoms with Gasteiger partial charge in [-0.15, -0.1) is 0 Å². The normalized spacial score (nSPS) is 11.1. The Bertz CT molecular complexity index is 1410. The lowest BCUT2D eigenvalue weighted by Crippen LogP contribution is -2.19. The first-order valence-electron chi connectivity index (χ1n) is 9.01. The van der Waals surface area contributed by atoms with Crippen LogP contribution in [-0.2, 0) is 0 Å². The van der Waals surface area contributed by atoms with E-state index in [9.17, 15) is 4.79 Å². The highest BCUT2D eigenvalue weighted by Crippen LogP contribution is 2.26. The Morgan fingerprint density at radius 2 is 1.67 bits per heavy atom. The second-order valence-corrected chi connectivity index (χ2v) is 7.51. The molecule has 0 fully saturated rings. The van der Waals surface area contributed by atoms with Gasteiger partial charge in [0, 0.05) is 22.3 Å². The number of hydrogen-bond acceptors (Lipinski definition) is 3. The lowest BCUT2D eigenvalue weighted by Gasteiger charge is -2.08. The molecule has 5 rings (SSSR count). The van der Waals surface area contributed by atoms with Gasteiger partial charge in [-0.25, -0.2) is 9.78 Å². The number of carbonyl (C=O) groups is 1. The van der Waals surface area contributed by atoms with Gasteiger partial charge in [-0.2, -0.15) is 5.10 Å². The smallest absolute Gasteiger partial charge is 0.323 e. The number of halogens is 2. The summed E-state index contributed by atoms with van der Waals surface area (Å²) in [5.74, 6) is 0.735. The van der Waals surface area contributed by atoms with Crippen molar-refractivity contribution in [3.05, 3.63) is 70.8 Å². The Labute approximate surface area is 180 Å². The molecule has 30 heavy (non-hydrogen) atoms. The number of nitrogens with one attached hydrogen (secondary N) is 4. The second-order valence-electron chi connectivity index (χ2n) is 6.70. The summed E-state index contributed by atoms with van der Waals surface area (Å²) in [7, 11) is 0. The highest BCUT2D eigenvalue weighted by Gasteiger charge is 2.10. The Morgan fingerprint density at radius 1 is 0.867 bits per heavy atom. The minimum Gasteiger partial charge on any atom is -0.338 e. The SMILES string of the molecule is O=C(Nc1ccc(Cl)c(Cl)c1)Nc1ccc2[nH]c(-c3ccc4cn[nH]c4c3)nc2c1. The maximum absolute atomic E-state index is 12.3. The number of hydrogen-bond donors (Lipinski definition) is 4. The summed E-state index contributed by atoms with van der Waals surface area (Å²) < 4.78 is 0. The second kappa shape index (κ2) is 7.37. The van der Waals surface area contributed by atoms with E-state index in [0.29, 0.717) is 21.4 Å². The standard InChI is InChI=1S/C21H14Cl2N6O/c22-15-5-3-13(8-16(15)23)25-21(30)26-14-4-6-17-19(9-14)28-20(27-17)11-1-2-12-10-24-29-18(12)7-11/h1-10H,(H,24,29)(H,27,28)(H2,25,26,30). The molecule has 2 amide bonds.